The van der Waals surface area contributed by atoms with Gasteiger partial charge in [-0.15, -0.1) is 0 Å². The number of ether oxygens (including phenoxy) is 1. The molecule has 1 aliphatic heterocycles. The minimum Gasteiger partial charge on any atom is -0.378 e. The second kappa shape index (κ2) is 8.89. The third-order valence-electron chi connectivity index (χ3n) is 4.90. The Balaban J connectivity index is 1.73. The Kier molecular flexibility index (Phi) is 6.31. The first-order valence-corrected chi connectivity index (χ1v) is 9.63. The highest BCUT2D eigenvalue weighted by atomic mass is 16.5. The van der Waals surface area contributed by atoms with Crippen LogP contribution in [-0.2, 0) is 9.53 Å². The van der Waals surface area contributed by atoms with Crippen molar-refractivity contribution in [3.8, 4) is 0 Å². The Bertz CT molecular complexity index is 873. The summed E-state index contributed by atoms with van der Waals surface area (Å²) in [6.07, 6.45) is 0.408. The summed E-state index contributed by atoms with van der Waals surface area (Å²) in [5.41, 5.74) is 5.12. The zero-order valence-corrected chi connectivity index (χ0v) is 16.7. The van der Waals surface area contributed by atoms with Crippen molar-refractivity contribution in [3.05, 3.63) is 53.1 Å². The topological polar surface area (TPSA) is 70.7 Å². The number of carbonyl (C=O) groups excluding carboxylic acids is 2. The van der Waals surface area contributed by atoms with E-state index in [1.54, 1.807) is 13.0 Å². The quantitative estimate of drug-likeness (QED) is 0.828. The molecular formula is C22H27N3O3. The van der Waals surface area contributed by atoms with Crippen LogP contribution in [0.5, 0.6) is 0 Å². The highest BCUT2D eigenvalue weighted by molar-refractivity contribution is 6.05. The van der Waals surface area contributed by atoms with Crippen molar-refractivity contribution in [1.82, 2.24) is 0 Å². The molecule has 3 rings (SSSR count). The van der Waals surface area contributed by atoms with E-state index in [2.05, 4.69) is 15.5 Å². The molecule has 1 saturated heterocycles. The van der Waals surface area contributed by atoms with E-state index in [-0.39, 0.29) is 11.8 Å². The minimum absolute atomic E-state index is 0.0547. The molecule has 0 aromatic heterocycles. The molecule has 2 aromatic rings. The van der Waals surface area contributed by atoms with Gasteiger partial charge < -0.3 is 20.3 Å². The maximum Gasteiger partial charge on any atom is 0.255 e. The van der Waals surface area contributed by atoms with Crippen LogP contribution in [0.15, 0.2) is 36.4 Å². The van der Waals surface area contributed by atoms with Crippen molar-refractivity contribution in [2.24, 2.45) is 0 Å². The minimum atomic E-state index is -0.173. The van der Waals surface area contributed by atoms with E-state index in [0.29, 0.717) is 23.4 Å². The number of nitrogens with one attached hydrogen (secondary N) is 2. The zero-order chi connectivity index (χ0) is 20.1. The predicted molar refractivity (Wildman–Crippen MR) is 112 cm³/mol. The van der Waals surface area contributed by atoms with E-state index in [1.807, 2.05) is 44.2 Å². The molecular weight excluding hydrogens is 354 g/mol. The molecule has 0 atom stereocenters. The lowest BCUT2D eigenvalue weighted by molar-refractivity contribution is -0.115. The highest BCUT2D eigenvalue weighted by Gasteiger charge is 2.15. The normalized spacial score (nSPS) is 13.9. The van der Waals surface area contributed by atoms with Gasteiger partial charge in [0, 0.05) is 42.1 Å². The summed E-state index contributed by atoms with van der Waals surface area (Å²) in [4.78, 5) is 26.7. The average Bonchev–Trinajstić information content (AvgIpc) is 2.71. The summed E-state index contributed by atoms with van der Waals surface area (Å²) in [6, 6.07) is 11.3. The number of nitrogens with zero attached hydrogens (tertiary/aromatic N) is 1. The third-order valence-corrected chi connectivity index (χ3v) is 4.90. The summed E-state index contributed by atoms with van der Waals surface area (Å²) in [7, 11) is 0. The Hall–Kier alpha value is -2.86. The van der Waals surface area contributed by atoms with Gasteiger partial charge in [0.15, 0.2) is 0 Å². The van der Waals surface area contributed by atoms with E-state index >= 15 is 0 Å². The second-order valence-electron chi connectivity index (χ2n) is 6.99. The summed E-state index contributed by atoms with van der Waals surface area (Å²) in [6.45, 7) is 8.93. The maximum absolute atomic E-state index is 12.7. The van der Waals surface area contributed by atoms with Crippen LogP contribution in [0.4, 0.5) is 17.1 Å². The molecule has 28 heavy (non-hydrogen) atoms. The Labute approximate surface area is 165 Å². The summed E-state index contributed by atoms with van der Waals surface area (Å²) < 4.78 is 5.41. The van der Waals surface area contributed by atoms with Crippen molar-refractivity contribution in [3.63, 3.8) is 0 Å². The summed E-state index contributed by atoms with van der Waals surface area (Å²) in [5.74, 6) is -0.228. The fraction of sp³-hybridized carbons (Fsp3) is 0.364. The van der Waals surface area contributed by atoms with Gasteiger partial charge >= 0.3 is 0 Å². The van der Waals surface area contributed by atoms with Crippen LogP contribution in [0, 0.1) is 13.8 Å². The lowest BCUT2D eigenvalue weighted by Gasteiger charge is -2.30. The van der Waals surface area contributed by atoms with Crippen LogP contribution >= 0.6 is 0 Å². The van der Waals surface area contributed by atoms with Gasteiger partial charge in [0.2, 0.25) is 5.91 Å². The number of anilines is 3. The number of carbonyl (C=O) groups is 2. The number of hydrogen-bond acceptors (Lipinski definition) is 4. The van der Waals surface area contributed by atoms with E-state index in [9.17, 15) is 9.59 Å². The van der Waals surface area contributed by atoms with E-state index in [4.69, 9.17) is 4.74 Å². The smallest absolute Gasteiger partial charge is 0.255 e. The SMILES string of the molecule is CCC(=O)Nc1cc(NC(=O)c2ccc(N3CCOCC3)c(C)c2)ccc1C. The summed E-state index contributed by atoms with van der Waals surface area (Å²) in [5, 5.41) is 5.78. The molecule has 0 radical (unpaired) electrons. The number of amides is 2. The largest absolute Gasteiger partial charge is 0.378 e. The number of benzene rings is 2. The molecule has 0 bridgehead atoms. The fourth-order valence-electron chi connectivity index (χ4n) is 3.23. The number of morpholine rings is 1. The maximum atomic E-state index is 12.7. The van der Waals surface area contributed by atoms with Gasteiger partial charge in [0.05, 0.1) is 13.2 Å². The van der Waals surface area contributed by atoms with Gasteiger partial charge in [-0.05, 0) is 55.3 Å². The van der Waals surface area contributed by atoms with Gasteiger partial charge in [-0.25, -0.2) is 0 Å². The van der Waals surface area contributed by atoms with Gasteiger partial charge in [-0.1, -0.05) is 13.0 Å². The lowest BCUT2D eigenvalue weighted by atomic mass is 10.1. The second-order valence-corrected chi connectivity index (χ2v) is 6.99. The monoisotopic (exact) mass is 381 g/mol. The molecule has 0 unspecified atom stereocenters. The Morgan fingerprint density at radius 3 is 2.43 bits per heavy atom. The molecule has 0 saturated carbocycles. The molecule has 2 N–H and O–H groups in total. The number of aryl methyl sites for hydroxylation is 2. The van der Waals surface area contributed by atoms with Gasteiger partial charge in [0.25, 0.3) is 5.91 Å². The van der Waals surface area contributed by atoms with Crippen LogP contribution in [0.1, 0.15) is 34.8 Å². The van der Waals surface area contributed by atoms with E-state index in [1.165, 1.54) is 0 Å². The molecule has 1 fully saturated rings. The predicted octanol–water partition coefficient (Wildman–Crippen LogP) is 3.74. The standard InChI is InChI=1S/C22H27N3O3/c1-4-21(26)24-19-14-18(7-5-15(19)2)23-22(27)17-6-8-20(16(3)13-17)25-9-11-28-12-10-25/h5-8,13-14H,4,9-12H2,1-3H3,(H,23,27)(H,24,26). The van der Waals surface area contributed by atoms with Crippen LogP contribution in [0.25, 0.3) is 0 Å². The van der Waals surface area contributed by atoms with Crippen molar-refractivity contribution >= 4 is 28.9 Å². The van der Waals surface area contributed by atoms with Crippen LogP contribution in [-0.4, -0.2) is 38.1 Å². The van der Waals surface area contributed by atoms with Crippen LogP contribution < -0.4 is 15.5 Å². The first-order chi connectivity index (χ1) is 13.5. The molecule has 6 nitrogen and oxygen atoms in total. The molecule has 1 heterocycles. The molecule has 2 aromatic carbocycles. The zero-order valence-electron chi connectivity index (χ0n) is 16.7. The first kappa shape index (κ1) is 19.9. The van der Waals surface area contributed by atoms with Crippen molar-refractivity contribution in [2.45, 2.75) is 27.2 Å². The molecule has 2 amide bonds. The van der Waals surface area contributed by atoms with E-state index < -0.39 is 0 Å². The highest BCUT2D eigenvalue weighted by Crippen LogP contribution is 2.24. The molecule has 0 aliphatic carbocycles. The first-order valence-electron chi connectivity index (χ1n) is 9.63. The van der Waals surface area contributed by atoms with Crippen LogP contribution in [0.2, 0.25) is 0 Å². The van der Waals surface area contributed by atoms with Crippen LogP contribution in [0.3, 0.4) is 0 Å². The fourth-order valence-corrected chi connectivity index (χ4v) is 3.23. The Morgan fingerprint density at radius 2 is 1.75 bits per heavy atom. The average molecular weight is 381 g/mol. The van der Waals surface area contributed by atoms with Crippen molar-refractivity contribution in [2.75, 3.05) is 41.8 Å². The molecule has 6 heteroatoms. The number of hydrogen-bond donors (Lipinski definition) is 2. The van der Waals surface area contributed by atoms with Gasteiger partial charge in [-0.3, -0.25) is 9.59 Å². The molecule has 148 valence electrons. The van der Waals surface area contributed by atoms with E-state index in [0.717, 1.165) is 43.1 Å². The van der Waals surface area contributed by atoms with Gasteiger partial charge in [0.1, 0.15) is 0 Å². The van der Waals surface area contributed by atoms with Crippen molar-refractivity contribution < 1.29 is 14.3 Å². The van der Waals surface area contributed by atoms with Crippen molar-refractivity contribution in [1.29, 1.82) is 0 Å². The molecule has 0 spiro atoms. The van der Waals surface area contributed by atoms with Gasteiger partial charge in [-0.2, -0.15) is 0 Å². The lowest BCUT2D eigenvalue weighted by Crippen LogP contribution is -2.36. The third kappa shape index (κ3) is 4.70. The number of rotatable bonds is 5. The molecule has 1 aliphatic rings. The summed E-state index contributed by atoms with van der Waals surface area (Å²) >= 11 is 0. The Morgan fingerprint density at radius 1 is 1.00 bits per heavy atom.